The van der Waals surface area contributed by atoms with Crippen molar-refractivity contribution >= 4 is 5.84 Å². The monoisotopic (exact) mass is 180 g/mol. The molecule has 0 spiro atoms. The topological polar surface area (TPSA) is 55.5 Å². The van der Waals surface area contributed by atoms with E-state index < -0.39 is 0 Å². The molecule has 6 nitrogen and oxygen atoms in total. The summed E-state index contributed by atoms with van der Waals surface area (Å²) < 4.78 is 1.75. The van der Waals surface area contributed by atoms with Crippen LogP contribution < -0.4 is 5.17 Å². The lowest BCUT2D eigenvalue weighted by Gasteiger charge is -2.18. The highest BCUT2D eigenvalue weighted by atomic mass is 16.7. The number of hydroxylamine groups is 1. The maximum atomic E-state index is 5.16. The molecule has 0 aromatic carbocycles. The van der Waals surface area contributed by atoms with Gasteiger partial charge in [-0.15, -0.1) is 15.4 Å². The van der Waals surface area contributed by atoms with Crippen LogP contribution in [0.2, 0.25) is 0 Å². The van der Waals surface area contributed by atoms with Gasteiger partial charge in [0.1, 0.15) is 5.84 Å². The fourth-order valence-electron chi connectivity index (χ4n) is 1.19. The fourth-order valence-corrected chi connectivity index (χ4v) is 1.19. The van der Waals surface area contributed by atoms with Crippen LogP contribution in [0.15, 0.2) is 4.99 Å². The molecule has 0 bridgehead atoms. The van der Waals surface area contributed by atoms with Crippen LogP contribution in [0.3, 0.4) is 0 Å². The summed E-state index contributed by atoms with van der Waals surface area (Å²) in [5.41, 5.74) is 0. The summed E-state index contributed by atoms with van der Waals surface area (Å²) >= 11 is 0. The van der Waals surface area contributed by atoms with Crippen molar-refractivity contribution in [2.45, 2.75) is 20.8 Å². The molecule has 1 radical (unpaired) electrons. The number of rotatable bonds is 1. The second-order valence-corrected chi connectivity index (χ2v) is 2.77. The standard InChI is InChI=1S/C7H10N5O/c1-5-8-4-13-12(5)11-6(2)9-10-7(11)3/h4H,1-3H3. The molecule has 0 unspecified atom stereocenters. The molecule has 69 valence electrons. The van der Waals surface area contributed by atoms with Gasteiger partial charge in [0.25, 0.3) is 0 Å². The van der Waals surface area contributed by atoms with Gasteiger partial charge in [-0.2, -0.15) is 4.68 Å². The molecule has 2 rings (SSSR count). The van der Waals surface area contributed by atoms with Gasteiger partial charge in [-0.1, -0.05) is 0 Å². The number of aromatic nitrogens is 3. The van der Waals surface area contributed by atoms with Crippen molar-refractivity contribution < 1.29 is 4.84 Å². The van der Waals surface area contributed by atoms with Crippen LogP contribution in [0, 0.1) is 20.6 Å². The van der Waals surface area contributed by atoms with E-state index >= 15 is 0 Å². The number of aryl methyl sites for hydroxylation is 2. The molecule has 2 heterocycles. The quantitative estimate of drug-likeness (QED) is 0.624. The lowest BCUT2D eigenvalue weighted by Crippen LogP contribution is -2.36. The van der Waals surface area contributed by atoms with Crippen LogP contribution >= 0.6 is 0 Å². The molecule has 1 aliphatic heterocycles. The highest BCUT2D eigenvalue weighted by Gasteiger charge is 2.20. The number of amidine groups is 1. The predicted molar refractivity (Wildman–Crippen MR) is 46.2 cm³/mol. The van der Waals surface area contributed by atoms with Crippen molar-refractivity contribution in [3.05, 3.63) is 18.4 Å². The Kier molecular flexibility index (Phi) is 1.77. The Bertz CT molecular complexity index is 336. The molecule has 0 saturated heterocycles. The van der Waals surface area contributed by atoms with Gasteiger partial charge in [-0.3, -0.25) is 0 Å². The average molecular weight is 180 g/mol. The first-order valence-corrected chi connectivity index (χ1v) is 3.92. The van der Waals surface area contributed by atoms with Crippen molar-refractivity contribution in [1.82, 2.24) is 14.9 Å². The SMILES string of the molecule is CC1=N[CH]ON1n1c(C)nnc1C. The minimum atomic E-state index is 0.756. The van der Waals surface area contributed by atoms with Crippen LogP contribution in [-0.4, -0.2) is 20.7 Å². The van der Waals surface area contributed by atoms with Crippen molar-refractivity contribution in [2.24, 2.45) is 4.99 Å². The first kappa shape index (κ1) is 8.18. The summed E-state index contributed by atoms with van der Waals surface area (Å²) in [6.45, 7) is 6.94. The van der Waals surface area contributed by atoms with Crippen molar-refractivity contribution in [3.63, 3.8) is 0 Å². The van der Waals surface area contributed by atoms with Crippen LogP contribution in [0.1, 0.15) is 18.6 Å². The van der Waals surface area contributed by atoms with Crippen LogP contribution in [0.4, 0.5) is 0 Å². The summed E-state index contributed by atoms with van der Waals surface area (Å²) in [7, 11) is 0. The Morgan fingerprint density at radius 2 is 1.77 bits per heavy atom. The third kappa shape index (κ3) is 1.19. The highest BCUT2D eigenvalue weighted by molar-refractivity contribution is 5.89. The second kappa shape index (κ2) is 2.81. The Labute approximate surface area is 75.8 Å². The molecule has 1 aromatic rings. The molecule has 6 heteroatoms. The molecule has 0 atom stereocenters. The average Bonchev–Trinajstić information content (AvgIpc) is 2.60. The maximum absolute atomic E-state index is 5.16. The Hall–Kier alpha value is -1.43. The van der Waals surface area contributed by atoms with E-state index in [0.717, 1.165) is 17.5 Å². The number of aliphatic imine (C=N–C) groups is 1. The molecular formula is C7H10N5O. The van der Waals surface area contributed by atoms with Gasteiger partial charge in [0.2, 0.25) is 6.73 Å². The Morgan fingerprint density at radius 1 is 1.15 bits per heavy atom. The van der Waals surface area contributed by atoms with E-state index in [1.807, 2.05) is 20.8 Å². The largest absolute Gasteiger partial charge is 0.229 e. The molecular weight excluding hydrogens is 170 g/mol. The Balaban J connectivity index is 2.40. The van der Waals surface area contributed by atoms with Gasteiger partial charge in [-0.25, -0.2) is 9.83 Å². The van der Waals surface area contributed by atoms with Crippen molar-refractivity contribution in [2.75, 3.05) is 5.17 Å². The van der Waals surface area contributed by atoms with E-state index in [1.54, 1.807) is 9.85 Å². The summed E-state index contributed by atoms with van der Waals surface area (Å²) in [4.78, 5) is 9.13. The van der Waals surface area contributed by atoms with E-state index in [4.69, 9.17) is 4.84 Å². The molecule has 0 saturated carbocycles. The number of hydrogen-bond donors (Lipinski definition) is 0. The maximum Gasteiger partial charge on any atom is 0.228 e. The zero-order valence-electron chi connectivity index (χ0n) is 7.72. The fraction of sp³-hybridized carbons (Fsp3) is 0.429. The second-order valence-electron chi connectivity index (χ2n) is 2.77. The van der Waals surface area contributed by atoms with E-state index in [9.17, 15) is 0 Å². The smallest absolute Gasteiger partial charge is 0.228 e. The predicted octanol–water partition coefficient (Wildman–Crippen LogP) is 0.316. The van der Waals surface area contributed by atoms with Gasteiger partial charge in [-0.05, 0) is 20.8 Å². The highest BCUT2D eigenvalue weighted by Crippen LogP contribution is 2.09. The normalized spacial score (nSPS) is 16.5. The van der Waals surface area contributed by atoms with E-state index in [-0.39, 0.29) is 0 Å². The molecule has 0 amide bonds. The van der Waals surface area contributed by atoms with Crippen LogP contribution in [-0.2, 0) is 4.84 Å². The molecule has 1 aromatic heterocycles. The number of hydrogen-bond acceptors (Lipinski definition) is 5. The van der Waals surface area contributed by atoms with Gasteiger partial charge in [0.15, 0.2) is 11.6 Å². The lowest BCUT2D eigenvalue weighted by molar-refractivity contribution is 0.167. The zero-order valence-corrected chi connectivity index (χ0v) is 7.72. The molecule has 1 aliphatic rings. The summed E-state index contributed by atoms with van der Waals surface area (Å²) in [6.07, 6.45) is 0. The summed E-state index contributed by atoms with van der Waals surface area (Å²) in [5.74, 6) is 2.29. The van der Waals surface area contributed by atoms with Crippen molar-refractivity contribution in [3.8, 4) is 0 Å². The molecule has 13 heavy (non-hydrogen) atoms. The van der Waals surface area contributed by atoms with Gasteiger partial charge >= 0.3 is 0 Å². The van der Waals surface area contributed by atoms with E-state index in [0.29, 0.717) is 0 Å². The summed E-state index contributed by atoms with van der Waals surface area (Å²) in [6, 6.07) is 0. The first-order chi connectivity index (χ1) is 6.20. The van der Waals surface area contributed by atoms with E-state index in [1.165, 1.54) is 6.73 Å². The molecule has 0 aliphatic carbocycles. The third-order valence-corrected chi connectivity index (χ3v) is 1.80. The van der Waals surface area contributed by atoms with Crippen LogP contribution in [0.25, 0.3) is 0 Å². The van der Waals surface area contributed by atoms with Gasteiger partial charge in [0.05, 0.1) is 0 Å². The third-order valence-electron chi connectivity index (χ3n) is 1.80. The lowest BCUT2D eigenvalue weighted by atomic mass is 10.6. The minimum absolute atomic E-state index is 0.756. The van der Waals surface area contributed by atoms with Crippen molar-refractivity contribution in [1.29, 1.82) is 0 Å². The van der Waals surface area contributed by atoms with Gasteiger partial charge < -0.3 is 0 Å². The molecule has 0 fully saturated rings. The zero-order chi connectivity index (χ0) is 9.42. The van der Waals surface area contributed by atoms with Crippen LogP contribution in [0.5, 0.6) is 0 Å². The molecule has 0 N–H and O–H groups in total. The summed E-state index contributed by atoms with van der Waals surface area (Å²) in [5, 5.41) is 9.38. The minimum Gasteiger partial charge on any atom is -0.229 e. The van der Waals surface area contributed by atoms with Gasteiger partial charge in [0, 0.05) is 0 Å². The first-order valence-electron chi connectivity index (χ1n) is 3.92. The van der Waals surface area contributed by atoms with E-state index in [2.05, 4.69) is 15.2 Å². The number of nitrogens with zero attached hydrogens (tertiary/aromatic N) is 5. The Morgan fingerprint density at radius 3 is 2.23 bits per heavy atom.